The summed E-state index contributed by atoms with van der Waals surface area (Å²) in [4.78, 5) is 12.0. The highest BCUT2D eigenvalue weighted by atomic mass is 35.5. The Labute approximate surface area is 147 Å². The van der Waals surface area contributed by atoms with Crippen LogP contribution in [0, 0.1) is 13.8 Å². The lowest BCUT2D eigenvalue weighted by Gasteiger charge is -2.11. The molecule has 0 fully saturated rings. The summed E-state index contributed by atoms with van der Waals surface area (Å²) in [5.74, 6) is -0.428. The first kappa shape index (κ1) is 18.4. The van der Waals surface area contributed by atoms with Gasteiger partial charge in [0.2, 0.25) is 15.9 Å². The molecule has 0 aliphatic heterocycles. The molecule has 24 heavy (non-hydrogen) atoms. The van der Waals surface area contributed by atoms with Crippen LogP contribution in [0.3, 0.4) is 0 Å². The predicted octanol–water partition coefficient (Wildman–Crippen LogP) is 2.55. The minimum atomic E-state index is -3.73. The van der Waals surface area contributed by atoms with E-state index in [1.807, 2.05) is 13.0 Å². The Morgan fingerprint density at radius 2 is 1.83 bits per heavy atom. The molecule has 5 nitrogen and oxygen atoms in total. The van der Waals surface area contributed by atoms with E-state index in [0.29, 0.717) is 10.6 Å². The van der Waals surface area contributed by atoms with Crippen molar-refractivity contribution in [1.82, 2.24) is 10.0 Å². The number of hydrogen-bond acceptors (Lipinski definition) is 3. The Morgan fingerprint density at radius 1 is 1.12 bits per heavy atom. The van der Waals surface area contributed by atoms with Gasteiger partial charge >= 0.3 is 0 Å². The summed E-state index contributed by atoms with van der Waals surface area (Å²) in [5, 5.41) is 3.19. The first-order valence-electron chi connectivity index (χ1n) is 7.36. The second kappa shape index (κ2) is 7.79. The van der Waals surface area contributed by atoms with Crippen LogP contribution in [-0.2, 0) is 21.4 Å². The van der Waals surface area contributed by atoms with Crippen LogP contribution in [0.1, 0.15) is 16.7 Å². The molecular formula is C17H19ClN2O3S. The fraction of sp³-hybridized carbons (Fsp3) is 0.235. The van der Waals surface area contributed by atoms with Crippen molar-refractivity contribution in [1.29, 1.82) is 0 Å². The van der Waals surface area contributed by atoms with E-state index in [2.05, 4.69) is 10.0 Å². The Bertz CT molecular complexity index is 851. The van der Waals surface area contributed by atoms with Crippen LogP contribution in [0.4, 0.5) is 0 Å². The number of carbonyl (C=O) groups excluding carboxylic acids is 1. The number of hydrogen-bond donors (Lipinski definition) is 2. The molecular weight excluding hydrogens is 348 g/mol. The average Bonchev–Trinajstić information content (AvgIpc) is 2.52. The normalized spacial score (nSPS) is 11.3. The van der Waals surface area contributed by atoms with E-state index in [1.165, 1.54) is 6.07 Å². The van der Waals surface area contributed by atoms with Crippen molar-refractivity contribution >= 4 is 27.5 Å². The fourth-order valence-electron chi connectivity index (χ4n) is 2.24. The smallest absolute Gasteiger partial charge is 0.241 e. The molecule has 0 bridgehead atoms. The van der Waals surface area contributed by atoms with E-state index < -0.39 is 15.9 Å². The Balaban J connectivity index is 1.94. The molecule has 0 saturated heterocycles. The molecule has 1 amide bonds. The molecule has 0 aliphatic rings. The summed E-state index contributed by atoms with van der Waals surface area (Å²) in [7, 11) is -3.73. The van der Waals surface area contributed by atoms with Crippen molar-refractivity contribution < 1.29 is 13.2 Å². The highest BCUT2D eigenvalue weighted by molar-refractivity contribution is 7.89. The number of aryl methyl sites for hydroxylation is 2. The summed E-state index contributed by atoms with van der Waals surface area (Å²) in [6.07, 6.45) is 0. The zero-order valence-electron chi connectivity index (χ0n) is 13.5. The number of sulfonamides is 1. The lowest BCUT2D eigenvalue weighted by molar-refractivity contribution is -0.120. The van der Waals surface area contributed by atoms with Crippen molar-refractivity contribution in [2.45, 2.75) is 25.3 Å². The third kappa shape index (κ3) is 4.80. The van der Waals surface area contributed by atoms with Crippen molar-refractivity contribution in [3.63, 3.8) is 0 Å². The van der Waals surface area contributed by atoms with Gasteiger partial charge in [0, 0.05) is 11.6 Å². The van der Waals surface area contributed by atoms with Gasteiger partial charge in [0.25, 0.3) is 0 Å². The second-order valence-corrected chi connectivity index (χ2v) is 7.60. The summed E-state index contributed by atoms with van der Waals surface area (Å²) in [6.45, 7) is 3.52. The van der Waals surface area contributed by atoms with Gasteiger partial charge in [0.15, 0.2) is 0 Å². The van der Waals surface area contributed by atoms with E-state index in [-0.39, 0.29) is 18.0 Å². The van der Waals surface area contributed by atoms with Crippen LogP contribution < -0.4 is 10.0 Å². The Hall–Kier alpha value is -1.89. The van der Waals surface area contributed by atoms with E-state index in [4.69, 9.17) is 11.6 Å². The first-order chi connectivity index (χ1) is 11.3. The van der Waals surface area contributed by atoms with Crippen molar-refractivity contribution in [2.24, 2.45) is 0 Å². The maximum atomic E-state index is 12.3. The molecule has 0 unspecified atom stereocenters. The van der Waals surface area contributed by atoms with Crippen molar-refractivity contribution in [3.05, 3.63) is 64.2 Å². The number of rotatable bonds is 6. The summed E-state index contributed by atoms with van der Waals surface area (Å²) < 4.78 is 26.9. The third-order valence-electron chi connectivity index (χ3n) is 3.48. The number of carbonyl (C=O) groups is 1. The lowest BCUT2D eigenvalue weighted by Crippen LogP contribution is -2.36. The van der Waals surface area contributed by atoms with E-state index in [1.54, 1.807) is 37.3 Å². The van der Waals surface area contributed by atoms with Gasteiger partial charge in [-0.25, -0.2) is 13.1 Å². The second-order valence-electron chi connectivity index (χ2n) is 5.46. The van der Waals surface area contributed by atoms with Gasteiger partial charge in [-0.05, 0) is 37.1 Å². The van der Waals surface area contributed by atoms with Gasteiger partial charge in [-0.1, -0.05) is 47.5 Å². The van der Waals surface area contributed by atoms with Gasteiger partial charge in [-0.2, -0.15) is 0 Å². The zero-order valence-corrected chi connectivity index (χ0v) is 15.0. The van der Waals surface area contributed by atoms with E-state index in [0.717, 1.165) is 11.1 Å². The zero-order chi connectivity index (χ0) is 17.7. The first-order valence-corrected chi connectivity index (χ1v) is 9.23. The van der Waals surface area contributed by atoms with Crippen LogP contribution in [0.15, 0.2) is 47.4 Å². The molecule has 0 aliphatic carbocycles. The van der Waals surface area contributed by atoms with Gasteiger partial charge in [0.1, 0.15) is 0 Å². The number of nitrogens with one attached hydrogen (secondary N) is 2. The average molecular weight is 367 g/mol. The molecule has 0 saturated carbocycles. The monoisotopic (exact) mass is 366 g/mol. The molecule has 2 aromatic rings. The quantitative estimate of drug-likeness (QED) is 0.825. The number of benzene rings is 2. The van der Waals surface area contributed by atoms with E-state index >= 15 is 0 Å². The molecule has 7 heteroatoms. The number of halogens is 1. The standard InChI is InChI=1S/C17H19ClN2O3S/c1-12-7-8-16(13(2)9-12)24(22,23)20-11-17(21)19-10-14-5-3-4-6-15(14)18/h3-9,20H,10-11H2,1-2H3,(H,19,21). The fourth-order valence-corrected chi connectivity index (χ4v) is 3.65. The Kier molecular flexibility index (Phi) is 5.99. The molecule has 2 rings (SSSR count). The van der Waals surface area contributed by atoms with Gasteiger partial charge in [0.05, 0.1) is 11.4 Å². The highest BCUT2D eigenvalue weighted by Crippen LogP contribution is 2.16. The SMILES string of the molecule is Cc1ccc(S(=O)(=O)NCC(=O)NCc2ccccc2Cl)c(C)c1. The minimum absolute atomic E-state index is 0.173. The van der Waals surface area contributed by atoms with Crippen LogP contribution in [0.25, 0.3) is 0 Å². The highest BCUT2D eigenvalue weighted by Gasteiger charge is 2.17. The summed E-state index contributed by atoms with van der Waals surface area (Å²) in [5.41, 5.74) is 2.38. The Morgan fingerprint density at radius 3 is 2.50 bits per heavy atom. The summed E-state index contributed by atoms with van der Waals surface area (Å²) >= 11 is 6.00. The van der Waals surface area contributed by atoms with Crippen LogP contribution in [-0.4, -0.2) is 20.9 Å². The molecule has 2 N–H and O–H groups in total. The maximum Gasteiger partial charge on any atom is 0.241 e. The molecule has 0 spiro atoms. The lowest BCUT2D eigenvalue weighted by atomic mass is 10.2. The van der Waals surface area contributed by atoms with Crippen molar-refractivity contribution in [2.75, 3.05) is 6.54 Å². The van der Waals surface area contributed by atoms with Gasteiger partial charge in [-0.15, -0.1) is 0 Å². The van der Waals surface area contributed by atoms with Gasteiger partial charge < -0.3 is 5.32 Å². The maximum absolute atomic E-state index is 12.3. The summed E-state index contributed by atoms with van der Waals surface area (Å²) in [6, 6.07) is 12.2. The predicted molar refractivity (Wildman–Crippen MR) is 94.4 cm³/mol. The topological polar surface area (TPSA) is 75.3 Å². The third-order valence-corrected chi connectivity index (χ3v) is 5.41. The molecule has 2 aromatic carbocycles. The largest absolute Gasteiger partial charge is 0.351 e. The van der Waals surface area contributed by atoms with Crippen LogP contribution in [0.5, 0.6) is 0 Å². The van der Waals surface area contributed by atoms with Crippen LogP contribution in [0.2, 0.25) is 5.02 Å². The molecule has 0 aromatic heterocycles. The van der Waals surface area contributed by atoms with Crippen molar-refractivity contribution in [3.8, 4) is 0 Å². The molecule has 0 radical (unpaired) electrons. The number of amides is 1. The van der Waals surface area contributed by atoms with Gasteiger partial charge in [-0.3, -0.25) is 4.79 Å². The van der Waals surface area contributed by atoms with E-state index in [9.17, 15) is 13.2 Å². The van der Waals surface area contributed by atoms with Crippen LogP contribution >= 0.6 is 11.6 Å². The molecule has 0 heterocycles. The molecule has 128 valence electrons. The molecule has 0 atom stereocenters. The minimum Gasteiger partial charge on any atom is -0.351 e.